The van der Waals surface area contributed by atoms with E-state index in [-0.39, 0.29) is 5.75 Å². The number of carbonyl (C=O) groups excluding carboxylic acids is 1. The van der Waals surface area contributed by atoms with Gasteiger partial charge in [0.15, 0.2) is 9.84 Å². The van der Waals surface area contributed by atoms with E-state index in [9.17, 15) is 13.2 Å². The number of sulfone groups is 1. The molecule has 6 heteroatoms. The first-order valence-electron chi connectivity index (χ1n) is 7.24. The quantitative estimate of drug-likeness (QED) is 0.773. The monoisotopic (exact) mass is 327 g/mol. The lowest BCUT2D eigenvalue weighted by Crippen LogP contribution is -2.39. The van der Waals surface area contributed by atoms with E-state index in [1.807, 2.05) is 32.9 Å². The molecule has 0 spiro atoms. The number of nitrogens with one attached hydrogen (secondary N) is 1. The molecule has 5 nitrogen and oxygen atoms in total. The lowest BCUT2D eigenvalue weighted by Gasteiger charge is -2.16. The van der Waals surface area contributed by atoms with Crippen LogP contribution >= 0.6 is 0 Å². The minimum atomic E-state index is -3.56. The molecule has 0 fully saturated rings. The van der Waals surface area contributed by atoms with Crippen molar-refractivity contribution < 1.29 is 17.9 Å². The Kier molecular flexibility index (Phi) is 6.56. The number of methoxy groups -OCH3 is 1. The summed E-state index contributed by atoms with van der Waals surface area (Å²) in [5, 5.41) is 1.49. The SMILES string of the molecule is COCCNC(=O)C(C)S(=O)(=O)Cc1c(C)cc(C)cc1C. The molecule has 22 heavy (non-hydrogen) atoms. The second-order valence-corrected chi connectivity index (χ2v) is 7.93. The predicted octanol–water partition coefficient (Wildman–Crippen LogP) is 1.68. The van der Waals surface area contributed by atoms with Crippen LogP contribution in [0.3, 0.4) is 0 Å². The van der Waals surface area contributed by atoms with E-state index in [1.165, 1.54) is 14.0 Å². The summed E-state index contributed by atoms with van der Waals surface area (Å²) in [7, 11) is -2.04. The molecular weight excluding hydrogens is 302 g/mol. The molecule has 1 rings (SSSR count). The third-order valence-corrected chi connectivity index (χ3v) is 5.68. The Bertz CT molecular complexity index is 615. The van der Waals surface area contributed by atoms with Crippen molar-refractivity contribution in [3.05, 3.63) is 34.4 Å². The van der Waals surface area contributed by atoms with Crippen molar-refractivity contribution in [3.63, 3.8) is 0 Å². The number of carbonyl (C=O) groups is 1. The summed E-state index contributed by atoms with van der Waals surface area (Å²) in [6, 6.07) is 3.92. The summed E-state index contributed by atoms with van der Waals surface area (Å²) in [5.74, 6) is -0.608. The zero-order valence-corrected chi connectivity index (χ0v) is 14.7. The molecule has 1 unspecified atom stereocenters. The van der Waals surface area contributed by atoms with Gasteiger partial charge in [-0.15, -0.1) is 0 Å². The maximum atomic E-state index is 12.5. The first kappa shape index (κ1) is 18.6. The number of hydrogen-bond donors (Lipinski definition) is 1. The van der Waals surface area contributed by atoms with Crippen LogP contribution in [0.25, 0.3) is 0 Å². The van der Waals surface area contributed by atoms with Crippen LogP contribution in [0, 0.1) is 20.8 Å². The largest absolute Gasteiger partial charge is 0.383 e. The maximum absolute atomic E-state index is 12.5. The molecule has 0 aliphatic rings. The summed E-state index contributed by atoms with van der Waals surface area (Å²) >= 11 is 0. The third kappa shape index (κ3) is 4.81. The standard InChI is InChI=1S/C16H25NO4S/c1-11-8-12(2)15(13(3)9-11)10-22(19,20)14(4)16(18)17-6-7-21-5/h8-9,14H,6-7,10H2,1-5H3,(H,17,18). The van der Waals surface area contributed by atoms with Crippen LogP contribution in [-0.4, -0.2) is 39.8 Å². The van der Waals surface area contributed by atoms with Crippen molar-refractivity contribution in [2.75, 3.05) is 20.3 Å². The van der Waals surface area contributed by atoms with Gasteiger partial charge in [-0.25, -0.2) is 8.42 Å². The average Bonchev–Trinajstić information content (AvgIpc) is 2.42. The molecule has 0 saturated heterocycles. The van der Waals surface area contributed by atoms with Crippen LogP contribution in [0.2, 0.25) is 0 Å². The maximum Gasteiger partial charge on any atom is 0.238 e. The van der Waals surface area contributed by atoms with E-state index < -0.39 is 21.0 Å². The van der Waals surface area contributed by atoms with Crippen LogP contribution in [0.15, 0.2) is 12.1 Å². The van der Waals surface area contributed by atoms with Crippen molar-refractivity contribution in [3.8, 4) is 0 Å². The van der Waals surface area contributed by atoms with Gasteiger partial charge in [-0.2, -0.15) is 0 Å². The van der Waals surface area contributed by atoms with E-state index in [1.54, 1.807) is 0 Å². The summed E-state index contributed by atoms with van der Waals surface area (Å²) in [6.07, 6.45) is 0. The first-order chi connectivity index (χ1) is 10.2. The van der Waals surface area contributed by atoms with Gasteiger partial charge >= 0.3 is 0 Å². The number of amides is 1. The number of hydrogen-bond acceptors (Lipinski definition) is 4. The van der Waals surface area contributed by atoms with Gasteiger partial charge in [0.2, 0.25) is 5.91 Å². The van der Waals surface area contributed by atoms with Gasteiger partial charge in [0, 0.05) is 13.7 Å². The Labute approximate surface area is 133 Å². The zero-order valence-electron chi connectivity index (χ0n) is 13.9. The van der Waals surface area contributed by atoms with Gasteiger partial charge in [-0.1, -0.05) is 17.7 Å². The van der Waals surface area contributed by atoms with Crippen molar-refractivity contribution in [1.29, 1.82) is 0 Å². The van der Waals surface area contributed by atoms with Crippen LogP contribution in [0.5, 0.6) is 0 Å². The number of ether oxygens (including phenoxy) is 1. The second-order valence-electron chi connectivity index (χ2n) is 5.61. The molecule has 0 aliphatic heterocycles. The molecule has 0 aromatic heterocycles. The van der Waals surface area contributed by atoms with Gasteiger partial charge in [-0.05, 0) is 44.4 Å². The van der Waals surface area contributed by atoms with E-state index in [0.29, 0.717) is 13.2 Å². The summed E-state index contributed by atoms with van der Waals surface area (Å²) in [5.41, 5.74) is 3.75. The predicted molar refractivity (Wildman–Crippen MR) is 87.6 cm³/mol. The molecule has 1 aromatic carbocycles. The smallest absolute Gasteiger partial charge is 0.238 e. The summed E-state index contributed by atoms with van der Waals surface area (Å²) < 4.78 is 29.8. The molecule has 0 saturated carbocycles. The molecule has 124 valence electrons. The molecule has 1 atom stereocenters. The van der Waals surface area contributed by atoms with Gasteiger partial charge in [-0.3, -0.25) is 4.79 Å². The molecule has 0 aliphatic carbocycles. The summed E-state index contributed by atoms with van der Waals surface area (Å²) in [4.78, 5) is 11.9. The van der Waals surface area contributed by atoms with Gasteiger partial charge in [0.05, 0.1) is 12.4 Å². The van der Waals surface area contributed by atoms with E-state index >= 15 is 0 Å². The molecular formula is C16H25NO4S. The minimum Gasteiger partial charge on any atom is -0.383 e. The normalized spacial score (nSPS) is 13.0. The van der Waals surface area contributed by atoms with Crippen LogP contribution < -0.4 is 5.32 Å². The first-order valence-corrected chi connectivity index (χ1v) is 8.95. The molecule has 0 heterocycles. The Morgan fingerprint density at radius 2 is 1.77 bits per heavy atom. The molecule has 0 bridgehead atoms. The van der Waals surface area contributed by atoms with Gasteiger partial charge < -0.3 is 10.1 Å². The fourth-order valence-electron chi connectivity index (χ4n) is 2.35. The number of rotatable bonds is 7. The Morgan fingerprint density at radius 3 is 2.27 bits per heavy atom. The fraction of sp³-hybridized carbons (Fsp3) is 0.562. The Morgan fingerprint density at radius 1 is 1.23 bits per heavy atom. The van der Waals surface area contributed by atoms with Crippen molar-refractivity contribution >= 4 is 15.7 Å². The van der Waals surface area contributed by atoms with E-state index in [0.717, 1.165) is 22.3 Å². The molecule has 1 aromatic rings. The fourth-order valence-corrected chi connectivity index (χ4v) is 3.86. The highest BCUT2D eigenvalue weighted by Gasteiger charge is 2.28. The second kappa shape index (κ2) is 7.74. The Hall–Kier alpha value is -1.40. The molecule has 1 N–H and O–H groups in total. The lowest BCUT2D eigenvalue weighted by atomic mass is 10.0. The molecule has 1 amide bonds. The zero-order chi connectivity index (χ0) is 16.9. The van der Waals surface area contributed by atoms with Crippen molar-refractivity contribution in [1.82, 2.24) is 5.32 Å². The van der Waals surface area contributed by atoms with Crippen molar-refractivity contribution in [2.24, 2.45) is 0 Å². The molecule has 0 radical (unpaired) electrons. The van der Waals surface area contributed by atoms with Gasteiger partial charge in [0.1, 0.15) is 5.25 Å². The highest BCUT2D eigenvalue weighted by atomic mass is 32.2. The van der Waals surface area contributed by atoms with E-state index in [2.05, 4.69) is 5.32 Å². The Balaban J connectivity index is 2.89. The number of benzene rings is 1. The third-order valence-electron chi connectivity index (χ3n) is 3.70. The highest BCUT2D eigenvalue weighted by Crippen LogP contribution is 2.21. The number of aryl methyl sites for hydroxylation is 3. The van der Waals surface area contributed by atoms with Crippen LogP contribution in [0.4, 0.5) is 0 Å². The topological polar surface area (TPSA) is 72.5 Å². The summed E-state index contributed by atoms with van der Waals surface area (Å²) in [6.45, 7) is 7.86. The average molecular weight is 327 g/mol. The van der Waals surface area contributed by atoms with Gasteiger partial charge in [0.25, 0.3) is 0 Å². The van der Waals surface area contributed by atoms with Crippen LogP contribution in [-0.2, 0) is 25.1 Å². The van der Waals surface area contributed by atoms with Crippen LogP contribution in [0.1, 0.15) is 29.2 Å². The highest BCUT2D eigenvalue weighted by molar-refractivity contribution is 7.92. The minimum absolute atomic E-state index is 0.121. The van der Waals surface area contributed by atoms with E-state index in [4.69, 9.17) is 4.74 Å². The van der Waals surface area contributed by atoms with Crippen molar-refractivity contribution in [2.45, 2.75) is 38.7 Å². The lowest BCUT2D eigenvalue weighted by molar-refractivity contribution is -0.120.